The van der Waals surface area contributed by atoms with E-state index in [-0.39, 0.29) is 0 Å². The van der Waals surface area contributed by atoms with Crippen molar-refractivity contribution in [3.63, 3.8) is 0 Å². The number of rotatable bonds is 4. The largest absolute Gasteiger partial charge is 0.481 e. The Labute approximate surface area is 123 Å². The highest BCUT2D eigenvalue weighted by molar-refractivity contribution is 7.89. The fraction of sp³-hybridized carbons (Fsp3) is 0.500. The van der Waals surface area contributed by atoms with E-state index in [1.165, 1.54) is 12.1 Å². The number of aliphatic carboxylic acids is 1. The molecular weight excluding hydrogens is 297 g/mol. The maximum absolute atomic E-state index is 13.7. The highest BCUT2D eigenvalue weighted by atomic mass is 32.2. The minimum absolute atomic E-state index is 0.429. The third-order valence-electron chi connectivity index (χ3n) is 3.77. The molecule has 0 aromatic heterocycles. The number of halogens is 1. The lowest BCUT2D eigenvalue weighted by atomic mass is 9.85. The second kappa shape index (κ2) is 6.11. The SMILES string of the molecule is Cc1ccc(F)c(S(=O)(=O)NC2CCCCC2C(=O)O)c1. The number of aryl methyl sites for hydroxylation is 1. The van der Waals surface area contributed by atoms with E-state index in [0.717, 1.165) is 18.9 Å². The number of carboxylic acids is 1. The van der Waals surface area contributed by atoms with Crippen molar-refractivity contribution >= 4 is 16.0 Å². The number of sulfonamides is 1. The van der Waals surface area contributed by atoms with Crippen molar-refractivity contribution in [3.05, 3.63) is 29.6 Å². The second-order valence-corrected chi connectivity index (χ2v) is 7.07. The normalized spacial score (nSPS) is 23.0. The molecule has 0 spiro atoms. The third-order valence-corrected chi connectivity index (χ3v) is 5.27. The van der Waals surface area contributed by atoms with Gasteiger partial charge in [-0.05, 0) is 37.5 Å². The van der Waals surface area contributed by atoms with Gasteiger partial charge in [-0.2, -0.15) is 0 Å². The first kappa shape index (κ1) is 15.9. The molecule has 1 aliphatic rings. The molecule has 2 N–H and O–H groups in total. The van der Waals surface area contributed by atoms with Crippen LogP contribution in [0.1, 0.15) is 31.2 Å². The van der Waals surface area contributed by atoms with Crippen molar-refractivity contribution in [3.8, 4) is 0 Å². The highest BCUT2D eigenvalue weighted by Gasteiger charge is 2.34. The molecule has 2 rings (SSSR count). The van der Waals surface area contributed by atoms with E-state index in [2.05, 4.69) is 4.72 Å². The summed E-state index contributed by atoms with van der Waals surface area (Å²) in [5, 5.41) is 9.17. The fourth-order valence-electron chi connectivity index (χ4n) is 2.65. The molecule has 0 amide bonds. The number of hydrogen-bond acceptors (Lipinski definition) is 3. The van der Waals surface area contributed by atoms with Crippen LogP contribution in [0.3, 0.4) is 0 Å². The summed E-state index contributed by atoms with van der Waals surface area (Å²) in [5.41, 5.74) is 0.621. The molecule has 7 heteroatoms. The minimum Gasteiger partial charge on any atom is -0.481 e. The van der Waals surface area contributed by atoms with Gasteiger partial charge < -0.3 is 5.11 Å². The topological polar surface area (TPSA) is 83.5 Å². The molecule has 0 aliphatic heterocycles. The van der Waals surface area contributed by atoms with Crippen LogP contribution in [-0.4, -0.2) is 25.5 Å². The Hall–Kier alpha value is -1.47. The van der Waals surface area contributed by atoms with E-state index in [4.69, 9.17) is 5.11 Å². The lowest BCUT2D eigenvalue weighted by molar-refractivity contribution is -0.143. The first-order chi connectivity index (χ1) is 9.81. The quantitative estimate of drug-likeness (QED) is 0.891. The molecule has 116 valence electrons. The zero-order chi connectivity index (χ0) is 15.6. The smallest absolute Gasteiger partial charge is 0.308 e. The lowest BCUT2D eigenvalue weighted by Gasteiger charge is -2.29. The molecule has 0 bridgehead atoms. The van der Waals surface area contributed by atoms with Gasteiger partial charge in [0.2, 0.25) is 10.0 Å². The lowest BCUT2D eigenvalue weighted by Crippen LogP contribution is -2.45. The summed E-state index contributed by atoms with van der Waals surface area (Å²) in [4.78, 5) is 10.8. The molecule has 1 aromatic rings. The molecule has 2 atom stereocenters. The Morgan fingerprint density at radius 1 is 1.33 bits per heavy atom. The highest BCUT2D eigenvalue weighted by Crippen LogP contribution is 2.26. The van der Waals surface area contributed by atoms with E-state index in [1.807, 2.05) is 0 Å². The maximum Gasteiger partial charge on any atom is 0.308 e. The zero-order valence-electron chi connectivity index (χ0n) is 11.7. The summed E-state index contributed by atoms with van der Waals surface area (Å²) in [6, 6.07) is 3.13. The van der Waals surface area contributed by atoms with Crippen LogP contribution in [0.15, 0.2) is 23.1 Å². The molecular formula is C14H18FNO4S. The monoisotopic (exact) mass is 315 g/mol. The van der Waals surface area contributed by atoms with Crippen LogP contribution in [0.4, 0.5) is 4.39 Å². The molecule has 5 nitrogen and oxygen atoms in total. The summed E-state index contributed by atoms with van der Waals surface area (Å²) in [6.07, 6.45) is 2.39. The van der Waals surface area contributed by atoms with E-state index >= 15 is 0 Å². The minimum atomic E-state index is -4.07. The Kier molecular flexibility index (Phi) is 4.63. The second-order valence-electron chi connectivity index (χ2n) is 5.39. The Morgan fingerprint density at radius 3 is 2.67 bits per heavy atom. The van der Waals surface area contributed by atoms with Crippen LogP contribution < -0.4 is 4.72 Å². The average molecular weight is 315 g/mol. The number of benzene rings is 1. The predicted molar refractivity (Wildman–Crippen MR) is 74.8 cm³/mol. The summed E-state index contributed by atoms with van der Waals surface area (Å²) in [5.74, 6) is -2.62. The fourth-order valence-corrected chi connectivity index (χ4v) is 4.12. The number of hydrogen-bond donors (Lipinski definition) is 2. The zero-order valence-corrected chi connectivity index (χ0v) is 12.5. The van der Waals surface area contributed by atoms with Gasteiger partial charge in [0, 0.05) is 6.04 Å². The predicted octanol–water partition coefficient (Wildman–Crippen LogP) is 2.06. The van der Waals surface area contributed by atoms with Gasteiger partial charge in [0.25, 0.3) is 0 Å². The van der Waals surface area contributed by atoms with Crippen molar-refractivity contribution in [1.29, 1.82) is 0 Å². The van der Waals surface area contributed by atoms with Crippen molar-refractivity contribution in [1.82, 2.24) is 4.72 Å². The van der Waals surface area contributed by atoms with Gasteiger partial charge in [-0.3, -0.25) is 4.79 Å². The van der Waals surface area contributed by atoms with Gasteiger partial charge in [-0.25, -0.2) is 17.5 Å². The van der Waals surface area contributed by atoms with Crippen molar-refractivity contribution in [2.75, 3.05) is 0 Å². The van der Waals surface area contributed by atoms with Crippen LogP contribution in [0.25, 0.3) is 0 Å². The summed E-state index contributed by atoms with van der Waals surface area (Å²) in [6.45, 7) is 1.67. The van der Waals surface area contributed by atoms with Crippen LogP contribution in [0.5, 0.6) is 0 Å². The van der Waals surface area contributed by atoms with Gasteiger partial charge in [-0.15, -0.1) is 0 Å². The van der Waals surface area contributed by atoms with E-state index in [9.17, 15) is 17.6 Å². The van der Waals surface area contributed by atoms with Gasteiger partial charge in [0.1, 0.15) is 10.7 Å². The van der Waals surface area contributed by atoms with Crippen molar-refractivity contribution < 1.29 is 22.7 Å². The average Bonchev–Trinajstić information content (AvgIpc) is 2.41. The van der Waals surface area contributed by atoms with E-state index in [0.29, 0.717) is 18.4 Å². The molecule has 1 aliphatic carbocycles. The van der Waals surface area contributed by atoms with Gasteiger partial charge in [-0.1, -0.05) is 18.9 Å². The molecule has 2 unspecified atom stereocenters. The molecule has 0 radical (unpaired) electrons. The number of carboxylic acid groups (broad SMARTS) is 1. The Balaban J connectivity index is 2.27. The van der Waals surface area contributed by atoms with Crippen LogP contribution >= 0.6 is 0 Å². The standard InChI is InChI=1S/C14H18FNO4S/c1-9-6-7-11(15)13(8-9)21(19,20)16-12-5-3-2-4-10(12)14(17)18/h6-8,10,12,16H,2-5H2,1H3,(H,17,18). The molecule has 0 heterocycles. The summed E-state index contributed by atoms with van der Waals surface area (Å²) < 4.78 is 40.7. The van der Waals surface area contributed by atoms with Crippen LogP contribution in [0.2, 0.25) is 0 Å². The molecule has 1 saturated carbocycles. The summed E-state index contributed by atoms with van der Waals surface area (Å²) >= 11 is 0. The van der Waals surface area contributed by atoms with E-state index < -0.39 is 38.7 Å². The van der Waals surface area contributed by atoms with E-state index in [1.54, 1.807) is 6.92 Å². The number of carbonyl (C=O) groups is 1. The molecule has 21 heavy (non-hydrogen) atoms. The Bertz CT molecular complexity index is 644. The first-order valence-electron chi connectivity index (χ1n) is 6.82. The van der Waals surface area contributed by atoms with Gasteiger partial charge in [0.15, 0.2) is 0 Å². The number of nitrogens with one attached hydrogen (secondary N) is 1. The molecule has 1 fully saturated rings. The first-order valence-corrected chi connectivity index (χ1v) is 8.31. The third kappa shape index (κ3) is 3.59. The maximum atomic E-state index is 13.7. The van der Waals surface area contributed by atoms with Crippen molar-refractivity contribution in [2.45, 2.75) is 43.5 Å². The Morgan fingerprint density at radius 2 is 2.00 bits per heavy atom. The molecule has 1 aromatic carbocycles. The van der Waals surface area contributed by atoms with Crippen LogP contribution in [-0.2, 0) is 14.8 Å². The van der Waals surface area contributed by atoms with Gasteiger partial charge in [0.05, 0.1) is 5.92 Å². The van der Waals surface area contributed by atoms with Gasteiger partial charge >= 0.3 is 5.97 Å². The van der Waals surface area contributed by atoms with Crippen LogP contribution in [0, 0.1) is 18.7 Å². The molecule has 0 saturated heterocycles. The van der Waals surface area contributed by atoms with Crippen molar-refractivity contribution in [2.24, 2.45) is 5.92 Å². The summed E-state index contributed by atoms with van der Waals surface area (Å²) in [7, 11) is -4.07.